The molecule has 1 aliphatic heterocycles. The number of thiazole rings is 1. The number of ether oxygens (including phenoxy) is 1. The highest BCUT2D eigenvalue weighted by atomic mass is 32.1. The van der Waals surface area contributed by atoms with E-state index in [4.69, 9.17) is 4.74 Å². The number of fused-ring (bicyclic) bond motifs is 3. The van der Waals surface area contributed by atoms with E-state index in [0.717, 1.165) is 50.7 Å². The van der Waals surface area contributed by atoms with E-state index in [0.29, 0.717) is 12.5 Å². The number of aryl methyl sites for hydroxylation is 1. The molecule has 8 heteroatoms. The first-order chi connectivity index (χ1) is 15.2. The molecule has 3 aromatic heterocycles. The molecule has 1 saturated heterocycles. The minimum absolute atomic E-state index is 0.0415. The summed E-state index contributed by atoms with van der Waals surface area (Å²) in [5.41, 5.74) is 1.04. The first kappa shape index (κ1) is 20.9. The summed E-state index contributed by atoms with van der Waals surface area (Å²) in [5.74, 6) is 1.21. The molecule has 4 heterocycles. The second-order valence-corrected chi connectivity index (χ2v) is 11.2. The van der Waals surface area contributed by atoms with Crippen molar-refractivity contribution in [1.29, 1.82) is 0 Å². The number of thiophene rings is 2. The zero-order valence-corrected chi connectivity index (χ0v) is 19.9. The van der Waals surface area contributed by atoms with Crippen LogP contribution in [0.4, 0.5) is 0 Å². The molecule has 4 aromatic rings. The number of hydrogen-bond acceptors (Lipinski definition) is 7. The van der Waals surface area contributed by atoms with E-state index in [9.17, 15) is 4.79 Å². The van der Waals surface area contributed by atoms with Gasteiger partial charge in [-0.2, -0.15) is 0 Å². The van der Waals surface area contributed by atoms with Gasteiger partial charge in [0.2, 0.25) is 0 Å². The molecule has 1 aliphatic rings. The van der Waals surface area contributed by atoms with Crippen LogP contribution in [0.1, 0.15) is 22.7 Å². The number of benzene rings is 1. The molecule has 5 nitrogen and oxygen atoms in total. The van der Waals surface area contributed by atoms with Crippen molar-refractivity contribution in [3.05, 3.63) is 44.9 Å². The summed E-state index contributed by atoms with van der Waals surface area (Å²) in [5, 5.41) is 9.35. The Labute approximate surface area is 193 Å². The van der Waals surface area contributed by atoms with Crippen molar-refractivity contribution in [3.63, 3.8) is 0 Å². The van der Waals surface area contributed by atoms with E-state index in [1.807, 2.05) is 30.4 Å². The monoisotopic (exact) mass is 471 g/mol. The molecule has 0 bridgehead atoms. The van der Waals surface area contributed by atoms with Gasteiger partial charge in [-0.05, 0) is 55.1 Å². The van der Waals surface area contributed by atoms with Crippen LogP contribution in [0.25, 0.3) is 20.3 Å². The van der Waals surface area contributed by atoms with Crippen LogP contribution in [0.3, 0.4) is 0 Å². The maximum Gasteiger partial charge on any atom is 0.257 e. The van der Waals surface area contributed by atoms with Crippen LogP contribution in [-0.4, -0.2) is 42.0 Å². The summed E-state index contributed by atoms with van der Waals surface area (Å²) < 4.78 is 8.19. The van der Waals surface area contributed by atoms with Gasteiger partial charge in [-0.3, -0.25) is 9.69 Å². The van der Waals surface area contributed by atoms with Crippen LogP contribution < -0.4 is 10.1 Å². The Morgan fingerprint density at radius 3 is 3.13 bits per heavy atom. The number of carbonyl (C=O) groups is 1. The minimum Gasteiger partial charge on any atom is -0.483 e. The maximum atomic E-state index is 12.5. The van der Waals surface area contributed by atoms with Crippen LogP contribution in [0.15, 0.2) is 35.0 Å². The molecule has 31 heavy (non-hydrogen) atoms. The predicted octanol–water partition coefficient (Wildman–Crippen LogP) is 5.29. The largest absolute Gasteiger partial charge is 0.483 e. The Hall–Kier alpha value is -2.00. The molecule has 0 saturated carbocycles. The third-order valence-corrected chi connectivity index (χ3v) is 8.38. The van der Waals surface area contributed by atoms with E-state index in [1.54, 1.807) is 22.7 Å². The number of likely N-dealkylation sites (tertiary alicyclic amines) is 1. The molecule has 1 atom stereocenters. The highest BCUT2D eigenvalue weighted by molar-refractivity contribution is 7.21. The number of amides is 1. The van der Waals surface area contributed by atoms with Crippen LogP contribution in [-0.2, 0) is 11.3 Å². The van der Waals surface area contributed by atoms with E-state index >= 15 is 0 Å². The van der Waals surface area contributed by atoms with Crippen molar-refractivity contribution in [1.82, 2.24) is 15.2 Å². The molecule has 0 aliphatic carbocycles. The number of carbonyl (C=O) groups excluding carboxylic acids is 1. The zero-order chi connectivity index (χ0) is 21.2. The first-order valence-corrected chi connectivity index (χ1v) is 13.1. The highest BCUT2D eigenvalue weighted by Crippen LogP contribution is 2.38. The van der Waals surface area contributed by atoms with Gasteiger partial charge in [0.05, 0.1) is 19.9 Å². The molecule has 162 valence electrons. The minimum atomic E-state index is -0.0562. The predicted molar refractivity (Wildman–Crippen MR) is 131 cm³/mol. The number of rotatable bonds is 7. The van der Waals surface area contributed by atoms with Gasteiger partial charge in [-0.1, -0.05) is 6.07 Å². The standard InChI is InChI=1S/C23H25N3O2S3/c1-15-25-22-20(31-15)10-19(18-6-9-30-23(18)22)28-14-21(27)24-11-16-4-2-7-26(12-16)13-17-5-3-8-29-17/h3,5-6,8-10,16H,2,4,7,11-14H2,1H3,(H,24,27). The lowest BCUT2D eigenvalue weighted by atomic mass is 9.98. The second-order valence-electron chi connectivity index (χ2n) is 8.03. The van der Waals surface area contributed by atoms with Gasteiger partial charge in [0.15, 0.2) is 6.61 Å². The van der Waals surface area contributed by atoms with E-state index < -0.39 is 0 Å². The summed E-state index contributed by atoms with van der Waals surface area (Å²) in [6, 6.07) is 8.37. The van der Waals surface area contributed by atoms with Gasteiger partial charge < -0.3 is 10.1 Å². The number of nitrogens with one attached hydrogen (secondary N) is 1. The Kier molecular flexibility index (Phi) is 6.22. The fraction of sp³-hybridized carbons (Fsp3) is 0.391. The van der Waals surface area contributed by atoms with Gasteiger partial charge in [0.25, 0.3) is 5.91 Å². The molecule has 0 radical (unpaired) electrons. The quantitative estimate of drug-likeness (QED) is 0.398. The molecular formula is C23H25N3O2S3. The van der Waals surface area contributed by atoms with Crippen LogP contribution >= 0.6 is 34.0 Å². The van der Waals surface area contributed by atoms with Gasteiger partial charge in [-0.15, -0.1) is 34.0 Å². The van der Waals surface area contributed by atoms with Crippen LogP contribution in [0, 0.1) is 12.8 Å². The SMILES string of the molecule is Cc1nc2c(cc(OCC(=O)NCC3CCCN(Cc4cccs4)C3)c3ccsc32)s1. The lowest BCUT2D eigenvalue weighted by Gasteiger charge is -2.32. The first-order valence-electron chi connectivity index (χ1n) is 10.6. The molecule has 5 rings (SSSR count). The molecule has 1 fully saturated rings. The van der Waals surface area contributed by atoms with Gasteiger partial charge >= 0.3 is 0 Å². The zero-order valence-electron chi connectivity index (χ0n) is 17.4. The van der Waals surface area contributed by atoms with Crippen molar-refractivity contribution >= 4 is 60.2 Å². The highest BCUT2D eigenvalue weighted by Gasteiger charge is 2.21. The molecule has 1 unspecified atom stereocenters. The second kappa shape index (κ2) is 9.24. The van der Waals surface area contributed by atoms with Crippen molar-refractivity contribution in [2.24, 2.45) is 5.92 Å². The third kappa shape index (κ3) is 4.77. The van der Waals surface area contributed by atoms with E-state index in [2.05, 4.69) is 38.1 Å². The van der Waals surface area contributed by atoms with Crippen molar-refractivity contribution in [3.8, 4) is 5.75 Å². The lowest BCUT2D eigenvalue weighted by Crippen LogP contribution is -2.41. The van der Waals surface area contributed by atoms with Crippen molar-refractivity contribution < 1.29 is 9.53 Å². The average Bonchev–Trinajstić information content (AvgIpc) is 3.51. The van der Waals surface area contributed by atoms with E-state index in [-0.39, 0.29) is 12.5 Å². The van der Waals surface area contributed by atoms with E-state index in [1.165, 1.54) is 17.7 Å². The molecular weight excluding hydrogens is 446 g/mol. The normalized spacial score (nSPS) is 17.4. The molecule has 0 spiro atoms. The third-order valence-electron chi connectivity index (χ3n) is 5.68. The van der Waals surface area contributed by atoms with Crippen LogP contribution in [0.2, 0.25) is 0 Å². The Morgan fingerprint density at radius 2 is 2.26 bits per heavy atom. The summed E-state index contributed by atoms with van der Waals surface area (Å²) in [4.78, 5) is 21.0. The molecule has 1 amide bonds. The van der Waals surface area contributed by atoms with Gasteiger partial charge in [0.1, 0.15) is 5.75 Å². The fourth-order valence-electron chi connectivity index (χ4n) is 4.24. The maximum absolute atomic E-state index is 12.5. The summed E-state index contributed by atoms with van der Waals surface area (Å²) in [6.07, 6.45) is 2.35. The number of aromatic nitrogens is 1. The van der Waals surface area contributed by atoms with Crippen molar-refractivity contribution in [2.45, 2.75) is 26.3 Å². The topological polar surface area (TPSA) is 54.5 Å². The Bertz CT molecular complexity index is 1180. The molecule has 1 N–H and O–H groups in total. The summed E-state index contributed by atoms with van der Waals surface area (Å²) in [6.45, 7) is 5.97. The summed E-state index contributed by atoms with van der Waals surface area (Å²) in [7, 11) is 0. The summed E-state index contributed by atoms with van der Waals surface area (Å²) >= 11 is 5.14. The number of piperidine rings is 1. The smallest absolute Gasteiger partial charge is 0.257 e. The Morgan fingerprint density at radius 1 is 1.32 bits per heavy atom. The Balaban J connectivity index is 1.15. The lowest BCUT2D eigenvalue weighted by molar-refractivity contribution is -0.123. The molecule has 1 aromatic carbocycles. The van der Waals surface area contributed by atoms with Crippen molar-refractivity contribution in [2.75, 3.05) is 26.2 Å². The fourth-order valence-corrected chi connectivity index (χ4v) is 6.82. The number of nitrogens with zero attached hydrogens (tertiary/aromatic N) is 2. The van der Waals surface area contributed by atoms with Gasteiger partial charge in [0, 0.05) is 36.0 Å². The van der Waals surface area contributed by atoms with Gasteiger partial charge in [-0.25, -0.2) is 4.98 Å². The average molecular weight is 472 g/mol. The van der Waals surface area contributed by atoms with Crippen LogP contribution in [0.5, 0.6) is 5.75 Å². The number of hydrogen-bond donors (Lipinski definition) is 1.